The zero-order valence-corrected chi connectivity index (χ0v) is 23.1. The lowest BCUT2D eigenvalue weighted by Crippen LogP contribution is -2.42. The number of carbonyl (C=O) groups is 2. The van der Waals surface area contributed by atoms with Crippen LogP contribution in [0.4, 0.5) is 23.2 Å². The van der Waals surface area contributed by atoms with E-state index in [0.29, 0.717) is 5.75 Å². The van der Waals surface area contributed by atoms with E-state index < -0.39 is 35.4 Å². The van der Waals surface area contributed by atoms with Crippen LogP contribution in [0.3, 0.4) is 0 Å². The quantitative estimate of drug-likeness (QED) is 0.112. The third-order valence-electron chi connectivity index (χ3n) is 6.76. The number of alkyl halides is 3. The van der Waals surface area contributed by atoms with E-state index in [0.717, 1.165) is 52.9 Å². The summed E-state index contributed by atoms with van der Waals surface area (Å²) < 4.78 is 58.8. The fraction of sp³-hybridized carbons (Fsp3) is 0.233. The fourth-order valence-electron chi connectivity index (χ4n) is 4.63. The minimum atomic E-state index is -4.60. The lowest BCUT2D eigenvalue weighted by Gasteiger charge is -2.31. The van der Waals surface area contributed by atoms with Crippen molar-refractivity contribution in [2.75, 3.05) is 25.5 Å². The molecule has 6 N–H and O–H groups in total. The Hall–Kier alpha value is -5.07. The van der Waals surface area contributed by atoms with E-state index in [2.05, 4.69) is 15.3 Å². The predicted octanol–water partition coefficient (Wildman–Crippen LogP) is 4.75. The molecule has 226 valence electrons. The molecular weight excluding hydrogens is 568 g/mol. The number of benzene rings is 3. The first-order chi connectivity index (χ1) is 20.5. The first kappa shape index (κ1) is 30.9. The van der Waals surface area contributed by atoms with Crippen molar-refractivity contribution in [1.29, 1.82) is 0 Å². The molecule has 0 saturated carbocycles. The van der Waals surface area contributed by atoms with Crippen molar-refractivity contribution >= 4 is 34.4 Å². The largest absolute Gasteiger partial charge is 0.497 e. The van der Waals surface area contributed by atoms with Crippen molar-refractivity contribution in [1.82, 2.24) is 9.88 Å². The Balaban J connectivity index is 1.73. The van der Waals surface area contributed by atoms with Crippen LogP contribution >= 0.6 is 0 Å². The van der Waals surface area contributed by atoms with Crippen LogP contribution < -0.4 is 21.5 Å². The molecule has 1 atom stereocenters. The number of H-pyrrole nitrogens is 1. The van der Waals surface area contributed by atoms with Gasteiger partial charge in [0.05, 0.1) is 19.2 Å². The van der Waals surface area contributed by atoms with Gasteiger partial charge in [-0.2, -0.15) is 13.2 Å². The van der Waals surface area contributed by atoms with Crippen LogP contribution in [-0.2, 0) is 22.2 Å². The molecule has 13 heteroatoms. The standard InChI is InChI=1S/C30H30F4N6O3/c1-43-23-10-11-25-24(16-23)19(17-38-25)13-15-40(26(41)12-14-37-29(35)36)27(18-2-4-20(5-3-18)30(32,33)34)28(42)39-22-8-6-21(31)7-9-22/h2-11,16-17,27,38H,12-15H2,1H3,(H,39,42)(H4,35,36,37). The van der Waals surface area contributed by atoms with E-state index in [9.17, 15) is 27.2 Å². The second-order valence-corrected chi connectivity index (χ2v) is 9.64. The van der Waals surface area contributed by atoms with Crippen LogP contribution in [0.25, 0.3) is 10.9 Å². The van der Waals surface area contributed by atoms with Crippen LogP contribution in [-0.4, -0.2) is 47.9 Å². The highest BCUT2D eigenvalue weighted by Gasteiger charge is 2.34. The number of amides is 2. The monoisotopic (exact) mass is 598 g/mol. The van der Waals surface area contributed by atoms with E-state index in [1.807, 2.05) is 12.1 Å². The van der Waals surface area contributed by atoms with Crippen molar-refractivity contribution in [3.05, 3.63) is 95.4 Å². The summed E-state index contributed by atoms with van der Waals surface area (Å²) in [7, 11) is 1.54. The molecule has 0 aliphatic heterocycles. The molecule has 0 fully saturated rings. The number of rotatable bonds is 11. The number of guanidine groups is 1. The van der Waals surface area contributed by atoms with E-state index in [1.54, 1.807) is 19.4 Å². The Bertz CT molecular complexity index is 1600. The number of ether oxygens (including phenoxy) is 1. The van der Waals surface area contributed by atoms with Crippen molar-refractivity contribution in [3.63, 3.8) is 0 Å². The summed E-state index contributed by atoms with van der Waals surface area (Å²) in [4.78, 5) is 35.7. The molecule has 0 radical (unpaired) electrons. The van der Waals surface area contributed by atoms with Crippen LogP contribution in [0.2, 0.25) is 0 Å². The number of aromatic nitrogens is 1. The summed E-state index contributed by atoms with van der Waals surface area (Å²) in [6, 6.07) is 13.1. The van der Waals surface area contributed by atoms with Gasteiger partial charge in [-0.1, -0.05) is 12.1 Å². The molecule has 43 heavy (non-hydrogen) atoms. The Morgan fingerprint density at radius 2 is 1.74 bits per heavy atom. The number of carbonyl (C=O) groups excluding carboxylic acids is 2. The zero-order chi connectivity index (χ0) is 31.1. The molecule has 1 unspecified atom stereocenters. The van der Waals surface area contributed by atoms with E-state index in [-0.39, 0.29) is 43.1 Å². The Kier molecular flexibility index (Phi) is 9.53. The molecule has 0 spiro atoms. The fourth-order valence-corrected chi connectivity index (χ4v) is 4.63. The number of methoxy groups -OCH3 is 1. The van der Waals surface area contributed by atoms with Gasteiger partial charge < -0.3 is 31.4 Å². The molecule has 4 aromatic rings. The number of nitrogens with one attached hydrogen (secondary N) is 2. The smallest absolute Gasteiger partial charge is 0.416 e. The lowest BCUT2D eigenvalue weighted by molar-refractivity contribution is -0.139. The zero-order valence-electron chi connectivity index (χ0n) is 23.1. The Morgan fingerprint density at radius 1 is 1.05 bits per heavy atom. The number of anilines is 1. The van der Waals surface area contributed by atoms with Gasteiger partial charge in [0.15, 0.2) is 5.96 Å². The summed E-state index contributed by atoms with van der Waals surface area (Å²) in [6.07, 6.45) is -2.73. The molecule has 0 saturated heterocycles. The van der Waals surface area contributed by atoms with Crippen molar-refractivity contribution in [2.45, 2.75) is 25.1 Å². The summed E-state index contributed by atoms with van der Waals surface area (Å²) in [5.74, 6) is -1.34. The van der Waals surface area contributed by atoms with Crippen molar-refractivity contribution in [3.8, 4) is 5.75 Å². The van der Waals surface area contributed by atoms with Gasteiger partial charge in [-0.05, 0) is 72.1 Å². The normalized spacial score (nSPS) is 12.0. The summed E-state index contributed by atoms with van der Waals surface area (Å²) in [5, 5.41) is 3.49. The topological polar surface area (TPSA) is 139 Å². The van der Waals surface area contributed by atoms with Gasteiger partial charge in [-0.3, -0.25) is 14.6 Å². The molecule has 1 heterocycles. The summed E-state index contributed by atoms with van der Waals surface area (Å²) in [6.45, 7) is -0.0609. The molecule has 9 nitrogen and oxygen atoms in total. The van der Waals surface area contributed by atoms with Gasteiger partial charge in [-0.15, -0.1) is 0 Å². The maximum absolute atomic E-state index is 13.8. The first-order valence-corrected chi connectivity index (χ1v) is 13.2. The number of aromatic amines is 1. The molecule has 0 aliphatic carbocycles. The van der Waals surface area contributed by atoms with E-state index in [1.165, 1.54) is 17.0 Å². The second-order valence-electron chi connectivity index (χ2n) is 9.64. The molecule has 1 aromatic heterocycles. The lowest BCUT2D eigenvalue weighted by atomic mass is 10.0. The van der Waals surface area contributed by atoms with Crippen LogP contribution in [0.5, 0.6) is 5.75 Å². The molecule has 2 amide bonds. The van der Waals surface area contributed by atoms with Crippen LogP contribution in [0.1, 0.15) is 29.2 Å². The van der Waals surface area contributed by atoms with Gasteiger partial charge in [0.25, 0.3) is 5.91 Å². The number of aliphatic imine (C=N–C) groups is 1. The predicted molar refractivity (Wildman–Crippen MR) is 155 cm³/mol. The molecule has 3 aromatic carbocycles. The van der Waals surface area contributed by atoms with Crippen molar-refractivity contribution < 1.29 is 31.9 Å². The minimum absolute atomic E-state index is 0.00729. The second kappa shape index (κ2) is 13.3. The first-order valence-electron chi connectivity index (χ1n) is 13.2. The number of fused-ring (bicyclic) bond motifs is 1. The highest BCUT2D eigenvalue weighted by molar-refractivity contribution is 5.98. The molecule has 0 aliphatic rings. The highest BCUT2D eigenvalue weighted by Crippen LogP contribution is 2.32. The van der Waals surface area contributed by atoms with Crippen molar-refractivity contribution in [2.24, 2.45) is 16.5 Å². The summed E-state index contributed by atoms with van der Waals surface area (Å²) in [5.41, 5.74) is 11.9. The van der Waals surface area contributed by atoms with Crippen LogP contribution in [0, 0.1) is 5.82 Å². The van der Waals surface area contributed by atoms with Crippen LogP contribution in [0.15, 0.2) is 77.9 Å². The number of nitrogens with two attached hydrogens (primary N) is 2. The summed E-state index contributed by atoms with van der Waals surface area (Å²) >= 11 is 0. The third-order valence-corrected chi connectivity index (χ3v) is 6.76. The highest BCUT2D eigenvalue weighted by atomic mass is 19.4. The third kappa shape index (κ3) is 7.82. The molecule has 4 rings (SSSR count). The maximum Gasteiger partial charge on any atom is 0.416 e. The van der Waals surface area contributed by atoms with Gasteiger partial charge in [0.2, 0.25) is 5.91 Å². The Labute approximate surface area is 244 Å². The van der Waals surface area contributed by atoms with E-state index in [4.69, 9.17) is 16.2 Å². The number of nitrogens with zero attached hydrogens (tertiary/aromatic N) is 2. The minimum Gasteiger partial charge on any atom is -0.497 e. The van der Waals surface area contributed by atoms with Gasteiger partial charge in [0.1, 0.15) is 17.6 Å². The Morgan fingerprint density at radius 3 is 2.37 bits per heavy atom. The SMILES string of the molecule is COc1ccc2[nH]cc(CCN(C(=O)CCN=C(N)N)C(C(=O)Nc3ccc(F)cc3)c3ccc(C(F)(F)F)cc3)c2c1. The average molecular weight is 599 g/mol. The maximum atomic E-state index is 13.8. The molecule has 0 bridgehead atoms. The van der Waals surface area contributed by atoms with Gasteiger partial charge >= 0.3 is 6.18 Å². The number of hydrogen-bond acceptors (Lipinski definition) is 4. The van der Waals surface area contributed by atoms with Gasteiger partial charge in [-0.25, -0.2) is 4.39 Å². The van der Waals surface area contributed by atoms with E-state index >= 15 is 0 Å². The number of halogens is 4. The number of hydrogen-bond donors (Lipinski definition) is 4. The van der Waals surface area contributed by atoms with Gasteiger partial charge in [0, 0.05) is 35.8 Å². The average Bonchev–Trinajstić information content (AvgIpc) is 3.37. The molecular formula is C30H30F4N6O3.